The molecule has 0 fully saturated rings. The van der Waals surface area contributed by atoms with E-state index in [2.05, 4.69) is 55.5 Å². The van der Waals surface area contributed by atoms with Crippen molar-refractivity contribution in [1.29, 1.82) is 0 Å². The SMILES string of the molecule is CCCCCC/C(=C\c1ccc(OC)cc1)[Se]c1ccccc1. The fourth-order valence-corrected chi connectivity index (χ4v) is 4.58. The van der Waals surface area contributed by atoms with Crippen molar-refractivity contribution in [3.05, 3.63) is 64.6 Å². The molecule has 0 bridgehead atoms. The normalized spacial score (nSPS) is 11.5. The Morgan fingerprint density at radius 3 is 2.35 bits per heavy atom. The van der Waals surface area contributed by atoms with Gasteiger partial charge in [0.25, 0.3) is 0 Å². The van der Waals surface area contributed by atoms with Crippen molar-refractivity contribution in [2.24, 2.45) is 0 Å². The van der Waals surface area contributed by atoms with Crippen molar-refractivity contribution < 1.29 is 4.74 Å². The predicted molar refractivity (Wildman–Crippen MR) is 102 cm³/mol. The molecule has 122 valence electrons. The molecule has 0 N–H and O–H groups in total. The fraction of sp³-hybridized carbons (Fsp3) is 0.333. The molecule has 2 aromatic carbocycles. The Labute approximate surface area is 146 Å². The number of hydrogen-bond acceptors (Lipinski definition) is 1. The maximum atomic E-state index is 5.24. The second-order valence-electron chi connectivity index (χ2n) is 5.61. The monoisotopic (exact) mass is 374 g/mol. The van der Waals surface area contributed by atoms with E-state index in [1.165, 1.54) is 42.1 Å². The molecule has 0 aliphatic carbocycles. The van der Waals surface area contributed by atoms with Crippen LogP contribution in [0.4, 0.5) is 0 Å². The van der Waals surface area contributed by atoms with E-state index in [9.17, 15) is 0 Å². The Balaban J connectivity index is 2.08. The molecule has 0 aliphatic heterocycles. The van der Waals surface area contributed by atoms with Crippen molar-refractivity contribution >= 4 is 25.5 Å². The van der Waals surface area contributed by atoms with Gasteiger partial charge in [-0.3, -0.25) is 0 Å². The van der Waals surface area contributed by atoms with E-state index in [0.717, 1.165) is 5.75 Å². The van der Waals surface area contributed by atoms with Gasteiger partial charge in [0.1, 0.15) is 0 Å². The number of unbranched alkanes of at least 4 members (excludes halogenated alkanes) is 3. The predicted octanol–water partition coefficient (Wildman–Crippen LogP) is 5.04. The third kappa shape index (κ3) is 6.64. The number of methoxy groups -OCH3 is 1. The van der Waals surface area contributed by atoms with Gasteiger partial charge in [0.05, 0.1) is 0 Å². The molecule has 2 rings (SSSR count). The molecule has 0 amide bonds. The number of allylic oxidation sites excluding steroid dienone is 1. The quantitative estimate of drug-likeness (QED) is 0.442. The molecule has 1 nitrogen and oxygen atoms in total. The summed E-state index contributed by atoms with van der Waals surface area (Å²) in [6, 6.07) is 19.2. The molecule has 2 aromatic rings. The Hall–Kier alpha value is -1.50. The van der Waals surface area contributed by atoms with Gasteiger partial charge < -0.3 is 0 Å². The first-order valence-corrected chi connectivity index (χ1v) is 10.1. The zero-order valence-electron chi connectivity index (χ0n) is 14.1. The standard InChI is InChI=1S/C21H26OSe/c1-3-4-5-7-12-21(23-20-10-8-6-9-11-20)17-18-13-15-19(22-2)16-14-18/h6,8-11,13-17H,3-5,7,12H2,1-2H3/b21-17+. The fourth-order valence-electron chi connectivity index (χ4n) is 2.40. The Morgan fingerprint density at radius 1 is 0.957 bits per heavy atom. The second-order valence-corrected chi connectivity index (χ2v) is 8.13. The second kappa shape index (κ2) is 10.3. The Kier molecular flexibility index (Phi) is 8.00. The number of hydrogen-bond donors (Lipinski definition) is 0. The molecule has 0 heterocycles. The molecule has 0 aliphatic rings. The third-order valence-electron chi connectivity index (χ3n) is 3.71. The van der Waals surface area contributed by atoms with E-state index in [4.69, 9.17) is 4.74 Å². The zero-order chi connectivity index (χ0) is 16.3. The van der Waals surface area contributed by atoms with Crippen LogP contribution in [0.1, 0.15) is 44.6 Å². The minimum absolute atomic E-state index is 0.410. The van der Waals surface area contributed by atoms with Gasteiger partial charge in [-0.05, 0) is 0 Å². The molecule has 0 unspecified atom stereocenters. The number of rotatable bonds is 9. The van der Waals surface area contributed by atoms with E-state index < -0.39 is 0 Å². The van der Waals surface area contributed by atoms with Crippen molar-refractivity contribution in [3.8, 4) is 5.75 Å². The van der Waals surface area contributed by atoms with Crippen LogP contribution in [-0.2, 0) is 0 Å². The minimum atomic E-state index is 0.410. The Bertz CT molecular complexity index is 587. The van der Waals surface area contributed by atoms with Crippen LogP contribution in [0.15, 0.2) is 59.1 Å². The van der Waals surface area contributed by atoms with Crippen molar-refractivity contribution in [3.63, 3.8) is 0 Å². The average molecular weight is 373 g/mol. The van der Waals surface area contributed by atoms with Crippen molar-refractivity contribution in [1.82, 2.24) is 0 Å². The van der Waals surface area contributed by atoms with E-state index >= 15 is 0 Å². The molecular weight excluding hydrogens is 347 g/mol. The summed E-state index contributed by atoms with van der Waals surface area (Å²) in [6.45, 7) is 2.27. The van der Waals surface area contributed by atoms with Crippen molar-refractivity contribution in [2.45, 2.75) is 39.0 Å². The summed E-state index contributed by atoms with van der Waals surface area (Å²) >= 11 is 0.410. The first-order valence-electron chi connectivity index (χ1n) is 8.39. The summed E-state index contributed by atoms with van der Waals surface area (Å²) in [5, 5.41) is 0. The molecule has 0 atom stereocenters. The zero-order valence-corrected chi connectivity index (χ0v) is 15.8. The van der Waals surface area contributed by atoms with Gasteiger partial charge in [-0.15, -0.1) is 0 Å². The Morgan fingerprint density at radius 2 is 1.70 bits per heavy atom. The maximum absolute atomic E-state index is 5.24. The summed E-state index contributed by atoms with van der Waals surface area (Å²) in [6.07, 6.45) is 8.85. The first kappa shape index (κ1) is 17.8. The van der Waals surface area contributed by atoms with Crippen molar-refractivity contribution in [2.75, 3.05) is 7.11 Å². The summed E-state index contributed by atoms with van der Waals surface area (Å²) in [5.74, 6) is 0.917. The molecule has 0 saturated heterocycles. The van der Waals surface area contributed by atoms with E-state index in [-0.39, 0.29) is 0 Å². The van der Waals surface area contributed by atoms with E-state index in [1.807, 2.05) is 12.1 Å². The summed E-state index contributed by atoms with van der Waals surface area (Å²) in [5.41, 5.74) is 1.27. The molecular formula is C21H26OSe. The summed E-state index contributed by atoms with van der Waals surface area (Å²) in [7, 11) is 1.71. The summed E-state index contributed by atoms with van der Waals surface area (Å²) < 4.78 is 8.27. The van der Waals surface area contributed by atoms with Crippen LogP contribution in [0.2, 0.25) is 0 Å². The van der Waals surface area contributed by atoms with Crippen LogP contribution in [0, 0.1) is 0 Å². The molecule has 0 saturated carbocycles. The number of benzene rings is 2. The third-order valence-corrected chi connectivity index (χ3v) is 6.00. The van der Waals surface area contributed by atoms with Gasteiger partial charge in [0.15, 0.2) is 0 Å². The van der Waals surface area contributed by atoms with Crippen LogP contribution in [0.25, 0.3) is 6.08 Å². The van der Waals surface area contributed by atoms with Crippen LogP contribution in [0.3, 0.4) is 0 Å². The van der Waals surface area contributed by atoms with Gasteiger partial charge in [-0.25, -0.2) is 0 Å². The van der Waals surface area contributed by atoms with Gasteiger partial charge in [0, 0.05) is 0 Å². The molecule has 2 heteroatoms. The van der Waals surface area contributed by atoms with Crippen LogP contribution < -0.4 is 9.20 Å². The van der Waals surface area contributed by atoms with E-state index in [1.54, 1.807) is 11.6 Å². The van der Waals surface area contributed by atoms with Gasteiger partial charge >= 0.3 is 147 Å². The van der Waals surface area contributed by atoms with Crippen LogP contribution >= 0.6 is 0 Å². The summed E-state index contributed by atoms with van der Waals surface area (Å²) in [4.78, 5) is 0. The molecule has 23 heavy (non-hydrogen) atoms. The van der Waals surface area contributed by atoms with E-state index in [0.29, 0.717) is 15.0 Å². The molecule has 0 aromatic heterocycles. The average Bonchev–Trinajstić information content (AvgIpc) is 2.60. The number of ether oxygens (including phenoxy) is 1. The molecule has 0 radical (unpaired) electrons. The van der Waals surface area contributed by atoms with Gasteiger partial charge in [-0.1, -0.05) is 0 Å². The van der Waals surface area contributed by atoms with Gasteiger partial charge in [-0.2, -0.15) is 0 Å². The van der Waals surface area contributed by atoms with Crippen LogP contribution in [-0.4, -0.2) is 22.1 Å². The first-order chi connectivity index (χ1) is 11.3. The van der Waals surface area contributed by atoms with Crippen LogP contribution in [0.5, 0.6) is 5.75 Å². The topological polar surface area (TPSA) is 9.23 Å². The van der Waals surface area contributed by atoms with Gasteiger partial charge in [0.2, 0.25) is 0 Å². The molecule has 0 spiro atoms.